The number of carbonyl (C=O) groups is 1. The molecule has 0 aromatic carbocycles. The van der Waals surface area contributed by atoms with Crippen molar-refractivity contribution in [2.24, 2.45) is 0 Å². The molecule has 102 valence electrons. The molecule has 0 unspecified atom stereocenters. The first kappa shape index (κ1) is 12.6. The van der Waals surface area contributed by atoms with Crippen LogP contribution in [-0.4, -0.2) is 66.0 Å². The molecule has 1 amide bonds. The van der Waals surface area contributed by atoms with Crippen molar-refractivity contribution in [2.75, 3.05) is 39.3 Å². The largest absolute Gasteiger partial charge is 0.335 e. The van der Waals surface area contributed by atoms with Gasteiger partial charge in [0.1, 0.15) is 0 Å². The number of aryl methyl sites for hydroxylation is 1. The zero-order valence-electron chi connectivity index (χ0n) is 11.3. The van der Waals surface area contributed by atoms with Crippen LogP contribution < -0.4 is 5.32 Å². The number of nitrogens with one attached hydrogen (secondary N) is 1. The number of amides is 1. The smallest absolute Gasteiger partial charge is 0.255 e. The zero-order valence-corrected chi connectivity index (χ0v) is 11.3. The summed E-state index contributed by atoms with van der Waals surface area (Å²) in [6.45, 7) is 7.98. The second-order valence-corrected chi connectivity index (χ2v) is 5.40. The predicted molar refractivity (Wildman–Crippen MR) is 73.1 cm³/mol. The van der Waals surface area contributed by atoms with Gasteiger partial charge in [0, 0.05) is 57.7 Å². The van der Waals surface area contributed by atoms with Crippen molar-refractivity contribution in [3.63, 3.8) is 0 Å². The summed E-state index contributed by atoms with van der Waals surface area (Å²) in [4.78, 5) is 20.8. The number of hydrogen-bond acceptors (Lipinski definition) is 4. The minimum absolute atomic E-state index is 0.114. The first-order valence-electron chi connectivity index (χ1n) is 6.90. The summed E-state index contributed by atoms with van der Waals surface area (Å²) in [6.07, 6.45) is 3.43. The number of carbonyl (C=O) groups excluding carboxylic acids is 1. The van der Waals surface area contributed by atoms with Gasteiger partial charge < -0.3 is 10.2 Å². The topological polar surface area (TPSA) is 48.5 Å². The van der Waals surface area contributed by atoms with Crippen molar-refractivity contribution in [1.82, 2.24) is 20.1 Å². The van der Waals surface area contributed by atoms with Crippen molar-refractivity contribution in [3.8, 4) is 0 Å². The molecule has 2 saturated heterocycles. The van der Waals surface area contributed by atoms with E-state index in [2.05, 4.69) is 15.2 Å². The second-order valence-electron chi connectivity index (χ2n) is 5.40. The Balaban J connectivity index is 1.56. The molecule has 2 fully saturated rings. The normalized spacial score (nSPS) is 21.2. The van der Waals surface area contributed by atoms with E-state index in [0.717, 1.165) is 44.8 Å². The fourth-order valence-corrected chi connectivity index (χ4v) is 2.75. The molecular formula is C14H20N4O. The van der Waals surface area contributed by atoms with Gasteiger partial charge in [-0.2, -0.15) is 0 Å². The molecule has 2 aliphatic heterocycles. The third-order valence-electron chi connectivity index (χ3n) is 3.94. The molecule has 0 saturated carbocycles. The molecule has 0 spiro atoms. The minimum atomic E-state index is 0.114. The molecule has 0 bridgehead atoms. The lowest BCUT2D eigenvalue weighted by Gasteiger charge is -2.46. The molecule has 0 radical (unpaired) electrons. The maximum Gasteiger partial charge on any atom is 0.255 e. The fraction of sp³-hybridized carbons (Fsp3) is 0.571. The molecule has 5 heteroatoms. The van der Waals surface area contributed by atoms with E-state index >= 15 is 0 Å². The van der Waals surface area contributed by atoms with Gasteiger partial charge in [-0.15, -0.1) is 0 Å². The number of nitrogens with zero attached hydrogens (tertiary/aromatic N) is 3. The van der Waals surface area contributed by atoms with E-state index in [-0.39, 0.29) is 5.91 Å². The van der Waals surface area contributed by atoms with Crippen LogP contribution in [0.5, 0.6) is 0 Å². The first-order chi connectivity index (χ1) is 9.24. The summed E-state index contributed by atoms with van der Waals surface area (Å²) in [5, 5.41) is 3.35. The van der Waals surface area contributed by atoms with Crippen LogP contribution in [0.2, 0.25) is 0 Å². The molecule has 3 rings (SSSR count). The van der Waals surface area contributed by atoms with Crippen LogP contribution >= 0.6 is 0 Å². The number of aromatic nitrogens is 1. The van der Waals surface area contributed by atoms with Gasteiger partial charge in [-0.3, -0.25) is 14.7 Å². The third-order valence-corrected chi connectivity index (χ3v) is 3.94. The molecule has 5 nitrogen and oxygen atoms in total. The van der Waals surface area contributed by atoms with E-state index < -0.39 is 0 Å². The Kier molecular flexibility index (Phi) is 3.48. The second kappa shape index (κ2) is 5.27. The Morgan fingerprint density at radius 3 is 2.74 bits per heavy atom. The molecule has 19 heavy (non-hydrogen) atoms. The Morgan fingerprint density at radius 2 is 2.05 bits per heavy atom. The third kappa shape index (κ3) is 2.62. The fourth-order valence-electron chi connectivity index (χ4n) is 2.75. The summed E-state index contributed by atoms with van der Waals surface area (Å²) in [5.74, 6) is 0.114. The van der Waals surface area contributed by atoms with E-state index in [9.17, 15) is 4.79 Å². The maximum atomic E-state index is 12.3. The lowest BCUT2D eigenvalue weighted by atomic mass is 10.0. The zero-order chi connectivity index (χ0) is 13.2. The minimum Gasteiger partial charge on any atom is -0.335 e. The molecule has 1 aromatic rings. The Bertz CT molecular complexity index is 464. The van der Waals surface area contributed by atoms with Crippen molar-refractivity contribution >= 4 is 5.91 Å². The quantitative estimate of drug-likeness (QED) is 0.820. The monoisotopic (exact) mass is 260 g/mol. The van der Waals surface area contributed by atoms with Gasteiger partial charge in [-0.05, 0) is 18.6 Å². The van der Waals surface area contributed by atoms with E-state index in [1.165, 1.54) is 0 Å². The van der Waals surface area contributed by atoms with Crippen LogP contribution in [-0.2, 0) is 0 Å². The van der Waals surface area contributed by atoms with Gasteiger partial charge >= 0.3 is 0 Å². The molecule has 0 aliphatic carbocycles. The lowest BCUT2D eigenvalue weighted by Crippen LogP contribution is -2.63. The van der Waals surface area contributed by atoms with Crippen LogP contribution in [0.1, 0.15) is 15.9 Å². The number of rotatable bonds is 2. The summed E-state index contributed by atoms with van der Waals surface area (Å²) in [6, 6.07) is 2.46. The molecule has 3 heterocycles. The van der Waals surface area contributed by atoms with Gasteiger partial charge in [0.25, 0.3) is 5.91 Å². The Hall–Kier alpha value is -1.46. The van der Waals surface area contributed by atoms with E-state index in [0.29, 0.717) is 11.6 Å². The van der Waals surface area contributed by atoms with Crippen LogP contribution in [0.4, 0.5) is 0 Å². The summed E-state index contributed by atoms with van der Waals surface area (Å²) < 4.78 is 0. The number of hydrogen-bond donors (Lipinski definition) is 1. The molecule has 1 aromatic heterocycles. The van der Waals surface area contributed by atoms with E-state index in [1.807, 2.05) is 17.9 Å². The van der Waals surface area contributed by atoms with Gasteiger partial charge in [-0.25, -0.2) is 0 Å². The number of pyridine rings is 1. The van der Waals surface area contributed by atoms with Crippen molar-refractivity contribution in [1.29, 1.82) is 0 Å². The highest BCUT2D eigenvalue weighted by Crippen LogP contribution is 2.18. The van der Waals surface area contributed by atoms with Crippen molar-refractivity contribution in [3.05, 3.63) is 29.6 Å². The van der Waals surface area contributed by atoms with Crippen LogP contribution in [0.25, 0.3) is 0 Å². The molecule has 2 aliphatic rings. The highest BCUT2D eigenvalue weighted by atomic mass is 16.2. The lowest BCUT2D eigenvalue weighted by molar-refractivity contribution is 0.0227. The van der Waals surface area contributed by atoms with Crippen molar-refractivity contribution in [2.45, 2.75) is 13.0 Å². The SMILES string of the molecule is Cc1cncc(C(=O)N2CC(N3CCNCC3)C2)c1. The number of piperazine rings is 1. The van der Waals surface area contributed by atoms with Crippen LogP contribution in [0, 0.1) is 6.92 Å². The van der Waals surface area contributed by atoms with Crippen LogP contribution in [0.15, 0.2) is 18.5 Å². The van der Waals surface area contributed by atoms with Crippen molar-refractivity contribution < 1.29 is 4.79 Å². The average molecular weight is 260 g/mol. The van der Waals surface area contributed by atoms with Gasteiger partial charge in [0.15, 0.2) is 0 Å². The predicted octanol–water partition coefficient (Wildman–Crippen LogP) is 0.120. The standard InChI is InChI=1S/C14H20N4O/c1-11-6-12(8-16-7-11)14(19)18-9-13(10-18)17-4-2-15-3-5-17/h6-8,13,15H,2-5,9-10H2,1H3. The summed E-state index contributed by atoms with van der Waals surface area (Å²) in [7, 11) is 0. The molecule has 0 atom stereocenters. The maximum absolute atomic E-state index is 12.3. The number of likely N-dealkylation sites (tertiary alicyclic amines) is 1. The van der Waals surface area contributed by atoms with Gasteiger partial charge in [0.05, 0.1) is 5.56 Å². The van der Waals surface area contributed by atoms with E-state index in [4.69, 9.17) is 0 Å². The molecular weight excluding hydrogens is 240 g/mol. The highest BCUT2D eigenvalue weighted by Gasteiger charge is 2.35. The summed E-state index contributed by atoms with van der Waals surface area (Å²) >= 11 is 0. The first-order valence-corrected chi connectivity index (χ1v) is 6.90. The van der Waals surface area contributed by atoms with Crippen LogP contribution in [0.3, 0.4) is 0 Å². The molecule has 1 N–H and O–H groups in total. The van der Waals surface area contributed by atoms with Gasteiger partial charge in [-0.1, -0.05) is 0 Å². The van der Waals surface area contributed by atoms with Gasteiger partial charge in [0.2, 0.25) is 0 Å². The highest BCUT2D eigenvalue weighted by molar-refractivity contribution is 5.94. The summed E-state index contributed by atoms with van der Waals surface area (Å²) in [5.41, 5.74) is 1.74. The Morgan fingerprint density at radius 1 is 1.32 bits per heavy atom. The Labute approximate surface area is 113 Å². The average Bonchev–Trinajstić information content (AvgIpc) is 2.38. The van der Waals surface area contributed by atoms with E-state index in [1.54, 1.807) is 12.4 Å².